The number of aryl methyl sites for hydroxylation is 1. The van der Waals surface area contributed by atoms with Crippen LogP contribution in [0.25, 0.3) is 0 Å². The number of anilines is 1. The third kappa shape index (κ3) is 4.08. The third-order valence-corrected chi connectivity index (χ3v) is 3.32. The summed E-state index contributed by atoms with van der Waals surface area (Å²) in [7, 11) is 0. The van der Waals surface area contributed by atoms with Gasteiger partial charge in [0.15, 0.2) is 0 Å². The first-order valence-corrected chi connectivity index (χ1v) is 7.30. The highest BCUT2D eigenvalue weighted by Crippen LogP contribution is 2.15. The minimum atomic E-state index is -0.245. The van der Waals surface area contributed by atoms with Crippen LogP contribution >= 0.6 is 11.5 Å². The van der Waals surface area contributed by atoms with Gasteiger partial charge in [-0.05, 0) is 36.0 Å². The lowest BCUT2D eigenvalue weighted by atomic mass is 10.2. The molecule has 0 aliphatic heterocycles. The number of pyridine rings is 1. The lowest BCUT2D eigenvalue weighted by Crippen LogP contribution is -2.13. The predicted octanol–water partition coefficient (Wildman–Crippen LogP) is 1.45. The van der Waals surface area contributed by atoms with Crippen molar-refractivity contribution in [1.29, 1.82) is 0 Å². The molecule has 0 spiro atoms. The summed E-state index contributed by atoms with van der Waals surface area (Å²) in [4.78, 5) is 17.0. The molecular formula is C14H15N5OS. The Hall–Kier alpha value is -2.30. The lowest BCUT2D eigenvalue weighted by Gasteiger charge is -2.03. The molecule has 2 aromatic heterocycles. The molecule has 1 amide bonds. The molecule has 0 aliphatic rings. The summed E-state index contributed by atoms with van der Waals surface area (Å²) in [5.74, 6) is 5.75. The van der Waals surface area contributed by atoms with Crippen LogP contribution in [0.1, 0.15) is 34.4 Å². The molecule has 0 fully saturated rings. The van der Waals surface area contributed by atoms with Crippen LogP contribution in [0, 0.1) is 11.8 Å². The molecule has 0 saturated heterocycles. The van der Waals surface area contributed by atoms with E-state index in [1.54, 1.807) is 18.2 Å². The minimum absolute atomic E-state index is 0.245. The Bertz CT molecular complexity index is 686. The number of nitrogens with one attached hydrogen (secondary N) is 1. The summed E-state index contributed by atoms with van der Waals surface area (Å²) in [5.41, 5.74) is 6.61. The quantitative estimate of drug-likeness (QED) is 0.834. The van der Waals surface area contributed by atoms with Crippen molar-refractivity contribution < 1.29 is 4.79 Å². The fourth-order valence-electron chi connectivity index (χ4n) is 1.67. The third-order valence-electron chi connectivity index (χ3n) is 2.56. The van der Waals surface area contributed by atoms with Crippen LogP contribution in [-0.4, -0.2) is 27.0 Å². The van der Waals surface area contributed by atoms with Crippen molar-refractivity contribution in [2.24, 2.45) is 5.73 Å². The lowest BCUT2D eigenvalue weighted by molar-refractivity contribution is 0.102. The first kappa shape index (κ1) is 15.1. The van der Waals surface area contributed by atoms with E-state index >= 15 is 0 Å². The van der Waals surface area contributed by atoms with Gasteiger partial charge in [0.1, 0.15) is 16.4 Å². The molecule has 0 aliphatic carbocycles. The number of nitrogens with zero attached hydrogens (tertiary/aromatic N) is 3. The molecule has 6 nitrogen and oxygen atoms in total. The van der Waals surface area contributed by atoms with Gasteiger partial charge in [0.2, 0.25) is 0 Å². The average molecular weight is 301 g/mol. The van der Waals surface area contributed by atoms with Crippen LogP contribution in [0.4, 0.5) is 5.82 Å². The van der Waals surface area contributed by atoms with E-state index in [2.05, 4.69) is 31.7 Å². The Morgan fingerprint density at radius 2 is 2.33 bits per heavy atom. The number of hydrogen-bond donors (Lipinski definition) is 2. The van der Waals surface area contributed by atoms with Gasteiger partial charge >= 0.3 is 0 Å². The van der Waals surface area contributed by atoms with Gasteiger partial charge in [-0.25, -0.2) is 4.98 Å². The molecule has 21 heavy (non-hydrogen) atoms. The number of nitrogens with two attached hydrogens (primary N) is 1. The Balaban J connectivity index is 2.14. The highest BCUT2D eigenvalue weighted by Gasteiger charge is 2.16. The normalized spacial score (nSPS) is 9.81. The molecular weight excluding hydrogens is 286 g/mol. The van der Waals surface area contributed by atoms with Gasteiger partial charge < -0.3 is 11.1 Å². The topological polar surface area (TPSA) is 93.8 Å². The van der Waals surface area contributed by atoms with Crippen LogP contribution < -0.4 is 11.1 Å². The van der Waals surface area contributed by atoms with Crippen molar-refractivity contribution in [3.8, 4) is 11.8 Å². The zero-order valence-electron chi connectivity index (χ0n) is 11.6. The maximum absolute atomic E-state index is 12.2. The van der Waals surface area contributed by atoms with Gasteiger partial charge in [-0.1, -0.05) is 29.8 Å². The molecule has 0 bridgehead atoms. The zero-order valence-corrected chi connectivity index (χ0v) is 12.4. The van der Waals surface area contributed by atoms with Crippen molar-refractivity contribution in [2.45, 2.75) is 19.8 Å². The number of carbonyl (C=O) groups is 1. The predicted molar refractivity (Wildman–Crippen MR) is 82.0 cm³/mol. The van der Waals surface area contributed by atoms with Gasteiger partial charge in [-0.3, -0.25) is 4.79 Å². The second kappa shape index (κ2) is 7.47. The van der Waals surface area contributed by atoms with Crippen molar-refractivity contribution in [1.82, 2.24) is 14.6 Å². The van der Waals surface area contributed by atoms with E-state index in [1.165, 1.54) is 0 Å². The molecule has 2 aromatic rings. The molecule has 2 heterocycles. The number of amides is 1. The van der Waals surface area contributed by atoms with Crippen molar-refractivity contribution in [3.63, 3.8) is 0 Å². The van der Waals surface area contributed by atoms with Gasteiger partial charge in [-0.2, -0.15) is 0 Å². The number of hydrogen-bond acceptors (Lipinski definition) is 6. The Kier molecular flexibility index (Phi) is 5.37. The fraction of sp³-hybridized carbons (Fsp3) is 0.286. The summed E-state index contributed by atoms with van der Waals surface area (Å²) in [5, 5.41) is 6.72. The van der Waals surface area contributed by atoms with Crippen LogP contribution in [0.3, 0.4) is 0 Å². The monoisotopic (exact) mass is 301 g/mol. The summed E-state index contributed by atoms with van der Waals surface area (Å²) >= 11 is 1.09. The zero-order chi connectivity index (χ0) is 15.1. The Labute approximate surface area is 127 Å². The second-order valence-electron chi connectivity index (χ2n) is 4.17. The first-order chi connectivity index (χ1) is 10.2. The van der Waals surface area contributed by atoms with E-state index < -0.39 is 0 Å². The minimum Gasteiger partial charge on any atom is -0.320 e. The number of aromatic nitrogens is 3. The van der Waals surface area contributed by atoms with E-state index in [4.69, 9.17) is 5.73 Å². The molecule has 0 saturated carbocycles. The summed E-state index contributed by atoms with van der Waals surface area (Å²) in [6.45, 7) is 2.30. The molecule has 2 rings (SSSR count). The summed E-state index contributed by atoms with van der Waals surface area (Å²) < 4.78 is 3.84. The van der Waals surface area contributed by atoms with Gasteiger partial charge in [-0.15, -0.1) is 5.10 Å². The molecule has 108 valence electrons. The molecule has 0 atom stereocenters. The van der Waals surface area contributed by atoms with Crippen molar-refractivity contribution >= 4 is 23.3 Å². The van der Waals surface area contributed by atoms with E-state index in [0.717, 1.165) is 30.1 Å². The van der Waals surface area contributed by atoms with Crippen LogP contribution in [-0.2, 0) is 6.42 Å². The number of rotatable bonds is 4. The van der Waals surface area contributed by atoms with E-state index in [9.17, 15) is 4.79 Å². The molecule has 0 aromatic carbocycles. The molecule has 0 radical (unpaired) electrons. The Morgan fingerprint density at radius 3 is 3.10 bits per heavy atom. The summed E-state index contributed by atoms with van der Waals surface area (Å²) in [6.07, 6.45) is 1.64. The van der Waals surface area contributed by atoms with E-state index in [1.807, 2.05) is 6.92 Å². The maximum atomic E-state index is 12.2. The summed E-state index contributed by atoms with van der Waals surface area (Å²) in [6, 6.07) is 5.25. The average Bonchev–Trinajstić information content (AvgIpc) is 2.94. The van der Waals surface area contributed by atoms with E-state index in [-0.39, 0.29) is 12.5 Å². The number of carbonyl (C=O) groups excluding carboxylic acids is 1. The maximum Gasteiger partial charge on any atom is 0.270 e. The first-order valence-electron chi connectivity index (χ1n) is 6.53. The highest BCUT2D eigenvalue weighted by atomic mass is 32.1. The van der Waals surface area contributed by atoms with Crippen LogP contribution in [0.2, 0.25) is 0 Å². The standard InChI is InChI=1S/C14H15N5OS/c1-2-5-11-13(21-19-18-11)14(20)17-12-8-3-6-10(16-12)7-4-9-15/h3,6,8H,2,5,9,15H2,1H3,(H,16,17,20). The SMILES string of the molecule is CCCc1nnsc1C(=O)Nc1cccc(C#CCN)n1. The second-order valence-corrected chi connectivity index (χ2v) is 4.92. The van der Waals surface area contributed by atoms with Crippen LogP contribution in [0.15, 0.2) is 18.2 Å². The highest BCUT2D eigenvalue weighted by molar-refractivity contribution is 7.08. The van der Waals surface area contributed by atoms with Crippen LogP contribution in [0.5, 0.6) is 0 Å². The van der Waals surface area contributed by atoms with Gasteiger partial charge in [0.05, 0.1) is 12.2 Å². The Morgan fingerprint density at radius 1 is 1.48 bits per heavy atom. The fourth-order valence-corrected chi connectivity index (χ4v) is 2.27. The smallest absolute Gasteiger partial charge is 0.270 e. The van der Waals surface area contributed by atoms with Crippen molar-refractivity contribution in [2.75, 3.05) is 11.9 Å². The largest absolute Gasteiger partial charge is 0.320 e. The van der Waals surface area contributed by atoms with Gasteiger partial charge in [0, 0.05) is 0 Å². The molecule has 7 heteroatoms. The van der Waals surface area contributed by atoms with E-state index in [0.29, 0.717) is 16.4 Å². The van der Waals surface area contributed by atoms with Gasteiger partial charge in [0.25, 0.3) is 5.91 Å². The molecule has 0 unspecified atom stereocenters. The van der Waals surface area contributed by atoms with Crippen molar-refractivity contribution in [3.05, 3.63) is 34.5 Å². The molecule has 3 N–H and O–H groups in total.